The van der Waals surface area contributed by atoms with Crippen LogP contribution in [0, 0.1) is 6.92 Å². The summed E-state index contributed by atoms with van der Waals surface area (Å²) in [6.07, 6.45) is 0. The molecule has 1 amide bonds. The second-order valence-corrected chi connectivity index (χ2v) is 9.59. The summed E-state index contributed by atoms with van der Waals surface area (Å²) in [6.45, 7) is 1.49. The monoisotopic (exact) mass is 468 g/mol. The summed E-state index contributed by atoms with van der Waals surface area (Å²) in [4.78, 5) is 25.8. The van der Waals surface area contributed by atoms with Gasteiger partial charge in [-0.3, -0.25) is 4.79 Å². The fraction of sp³-hybridized carbons (Fsp3) is 0.167. The van der Waals surface area contributed by atoms with E-state index in [4.69, 9.17) is 5.11 Å². The number of carbonyl (C=O) groups excluding carboxylic acids is 1. The van der Waals surface area contributed by atoms with Crippen LogP contribution in [0.4, 0.5) is 5.69 Å². The number of hydrogen-bond acceptors (Lipinski definition) is 5. The topological polar surface area (TPSA) is 115 Å². The number of nitrogens with zero attached hydrogens (tertiary/aromatic N) is 2. The number of amides is 1. The van der Waals surface area contributed by atoms with Crippen molar-refractivity contribution in [3.8, 4) is 5.75 Å². The summed E-state index contributed by atoms with van der Waals surface area (Å²) in [7, 11) is -2.59. The van der Waals surface area contributed by atoms with Crippen molar-refractivity contribution >= 4 is 27.6 Å². The zero-order valence-corrected chi connectivity index (χ0v) is 19.0. The molecule has 0 atom stereocenters. The summed E-state index contributed by atoms with van der Waals surface area (Å²) in [5, 5.41) is 19.3. The average Bonchev–Trinajstić information content (AvgIpc) is 2.78. The van der Waals surface area contributed by atoms with Crippen LogP contribution in [0.3, 0.4) is 0 Å². The minimum atomic E-state index is -3.91. The van der Waals surface area contributed by atoms with Gasteiger partial charge in [0, 0.05) is 18.8 Å². The Morgan fingerprint density at radius 3 is 2.15 bits per heavy atom. The molecule has 3 aromatic rings. The minimum Gasteiger partial charge on any atom is -0.507 e. The van der Waals surface area contributed by atoms with Crippen LogP contribution >= 0.6 is 0 Å². The number of carboxylic acids is 1. The van der Waals surface area contributed by atoms with E-state index in [1.165, 1.54) is 42.3 Å². The van der Waals surface area contributed by atoms with Gasteiger partial charge >= 0.3 is 5.97 Å². The van der Waals surface area contributed by atoms with E-state index in [0.717, 1.165) is 15.4 Å². The second kappa shape index (κ2) is 9.85. The Morgan fingerprint density at radius 1 is 0.939 bits per heavy atom. The summed E-state index contributed by atoms with van der Waals surface area (Å²) in [5.41, 5.74) is 1.63. The molecule has 33 heavy (non-hydrogen) atoms. The predicted molar refractivity (Wildman–Crippen MR) is 124 cm³/mol. The number of rotatable bonds is 8. The number of likely N-dealkylation sites (N-methyl/N-ethyl adjacent to an activating group) is 1. The van der Waals surface area contributed by atoms with Crippen molar-refractivity contribution in [2.45, 2.75) is 18.4 Å². The molecule has 0 unspecified atom stereocenters. The van der Waals surface area contributed by atoms with Gasteiger partial charge in [0.25, 0.3) is 0 Å². The van der Waals surface area contributed by atoms with Gasteiger partial charge in [-0.15, -0.1) is 0 Å². The molecule has 0 bridgehead atoms. The highest BCUT2D eigenvalue weighted by atomic mass is 32.2. The third kappa shape index (κ3) is 5.57. The lowest BCUT2D eigenvalue weighted by Crippen LogP contribution is -2.41. The maximum atomic E-state index is 13.2. The van der Waals surface area contributed by atoms with E-state index < -0.39 is 34.2 Å². The lowest BCUT2D eigenvalue weighted by molar-refractivity contribution is -0.118. The lowest BCUT2D eigenvalue weighted by Gasteiger charge is -2.26. The highest BCUT2D eigenvalue weighted by molar-refractivity contribution is 7.89. The van der Waals surface area contributed by atoms with E-state index in [-0.39, 0.29) is 22.7 Å². The molecule has 0 aromatic heterocycles. The van der Waals surface area contributed by atoms with E-state index in [9.17, 15) is 23.1 Å². The molecule has 0 fully saturated rings. The van der Waals surface area contributed by atoms with E-state index in [1.807, 2.05) is 13.0 Å². The van der Waals surface area contributed by atoms with Gasteiger partial charge in [0.05, 0.1) is 18.0 Å². The van der Waals surface area contributed by atoms with E-state index >= 15 is 0 Å². The van der Waals surface area contributed by atoms with Gasteiger partial charge < -0.3 is 15.1 Å². The van der Waals surface area contributed by atoms with Crippen LogP contribution in [0.2, 0.25) is 0 Å². The van der Waals surface area contributed by atoms with Gasteiger partial charge in [0.2, 0.25) is 15.9 Å². The van der Waals surface area contributed by atoms with Gasteiger partial charge in [-0.25, -0.2) is 13.2 Å². The molecule has 0 aliphatic rings. The van der Waals surface area contributed by atoms with Crippen LogP contribution in [0.1, 0.15) is 21.5 Å². The van der Waals surface area contributed by atoms with Gasteiger partial charge in [-0.1, -0.05) is 48.0 Å². The Balaban J connectivity index is 1.91. The van der Waals surface area contributed by atoms with Gasteiger partial charge in [-0.2, -0.15) is 4.31 Å². The van der Waals surface area contributed by atoms with Crippen LogP contribution in [0.15, 0.2) is 77.7 Å². The molecule has 3 rings (SSSR count). The second-order valence-electron chi connectivity index (χ2n) is 7.55. The summed E-state index contributed by atoms with van der Waals surface area (Å²) in [5.74, 6) is -2.34. The molecule has 0 aliphatic heterocycles. The summed E-state index contributed by atoms with van der Waals surface area (Å²) in [6, 6.07) is 19.1. The third-order valence-corrected chi connectivity index (χ3v) is 6.91. The zero-order valence-electron chi connectivity index (χ0n) is 18.2. The number of hydrogen-bond donors (Lipinski definition) is 2. The molecular weight excluding hydrogens is 444 g/mol. The van der Waals surface area contributed by atoms with Crippen LogP contribution < -0.4 is 4.90 Å². The van der Waals surface area contributed by atoms with Gasteiger partial charge in [-0.05, 0) is 36.8 Å². The highest BCUT2D eigenvalue weighted by Crippen LogP contribution is 2.27. The molecule has 0 aliphatic carbocycles. The van der Waals surface area contributed by atoms with Crippen molar-refractivity contribution in [2.24, 2.45) is 0 Å². The normalized spacial score (nSPS) is 11.4. The molecule has 0 spiro atoms. The lowest BCUT2D eigenvalue weighted by atomic mass is 10.1. The number of aromatic hydroxyl groups is 1. The Kier molecular flexibility index (Phi) is 7.15. The molecule has 9 heteroatoms. The number of phenols is 1. The largest absolute Gasteiger partial charge is 0.507 e. The Hall–Kier alpha value is -3.69. The standard InChI is InChI=1S/C24H24N2O6S/c1-17-8-11-20(12-9-17)33(31,32)25(2)16-23(28)26(15-18-6-4-3-5-7-18)19-10-13-21(24(29)30)22(27)14-19/h3-14,27H,15-16H2,1-2H3,(H,29,30). The maximum absolute atomic E-state index is 13.2. The number of benzene rings is 3. The SMILES string of the molecule is Cc1ccc(S(=O)(=O)N(C)CC(=O)N(Cc2ccccc2)c2ccc(C(=O)O)c(O)c2)cc1. The molecule has 0 heterocycles. The fourth-order valence-electron chi connectivity index (χ4n) is 3.21. The Labute approximate surface area is 192 Å². The van der Waals surface area contributed by atoms with Crippen molar-refractivity contribution in [1.82, 2.24) is 4.31 Å². The first-order valence-corrected chi connectivity index (χ1v) is 11.5. The van der Waals surface area contributed by atoms with E-state index in [2.05, 4.69) is 0 Å². The Bertz CT molecular complexity index is 1260. The van der Waals surface area contributed by atoms with Crippen molar-refractivity contribution in [2.75, 3.05) is 18.5 Å². The first-order valence-electron chi connectivity index (χ1n) is 10.0. The number of carbonyl (C=O) groups is 2. The van der Waals surface area contributed by atoms with Crippen LogP contribution in [0.25, 0.3) is 0 Å². The predicted octanol–water partition coefficient (Wildman–Crippen LogP) is 3.25. The number of anilines is 1. The molecule has 3 aromatic carbocycles. The molecule has 0 saturated heterocycles. The smallest absolute Gasteiger partial charge is 0.339 e. The molecule has 8 nitrogen and oxygen atoms in total. The Morgan fingerprint density at radius 2 is 1.58 bits per heavy atom. The van der Waals surface area contributed by atoms with Crippen molar-refractivity contribution < 1.29 is 28.2 Å². The van der Waals surface area contributed by atoms with Crippen LogP contribution in [-0.2, 0) is 21.4 Å². The van der Waals surface area contributed by atoms with E-state index in [0.29, 0.717) is 0 Å². The first kappa shape index (κ1) is 24.0. The summed E-state index contributed by atoms with van der Waals surface area (Å²) >= 11 is 0. The number of aromatic carboxylic acids is 1. The molecule has 0 saturated carbocycles. The van der Waals surface area contributed by atoms with Crippen molar-refractivity contribution in [3.63, 3.8) is 0 Å². The zero-order chi connectivity index (χ0) is 24.2. The van der Waals surface area contributed by atoms with Crippen molar-refractivity contribution in [3.05, 3.63) is 89.5 Å². The van der Waals surface area contributed by atoms with E-state index in [1.54, 1.807) is 36.4 Å². The average molecular weight is 469 g/mol. The number of aryl methyl sites for hydroxylation is 1. The van der Waals surface area contributed by atoms with Crippen LogP contribution in [-0.4, -0.2) is 48.4 Å². The van der Waals surface area contributed by atoms with Gasteiger partial charge in [0.15, 0.2) is 0 Å². The number of carboxylic acid groups (broad SMARTS) is 1. The molecule has 0 radical (unpaired) electrons. The molecule has 2 N–H and O–H groups in total. The summed E-state index contributed by atoms with van der Waals surface area (Å²) < 4.78 is 26.8. The fourth-order valence-corrected chi connectivity index (χ4v) is 4.33. The molecular formula is C24H24N2O6S. The first-order chi connectivity index (χ1) is 15.6. The third-order valence-electron chi connectivity index (χ3n) is 5.10. The van der Waals surface area contributed by atoms with Crippen LogP contribution in [0.5, 0.6) is 5.75 Å². The molecule has 172 valence electrons. The van der Waals surface area contributed by atoms with Crippen molar-refractivity contribution in [1.29, 1.82) is 0 Å². The number of sulfonamides is 1. The highest BCUT2D eigenvalue weighted by Gasteiger charge is 2.26. The quantitative estimate of drug-likeness (QED) is 0.524. The maximum Gasteiger partial charge on any atom is 0.339 e. The van der Waals surface area contributed by atoms with Gasteiger partial charge in [0.1, 0.15) is 11.3 Å². The minimum absolute atomic E-state index is 0.0708.